The molecule has 0 saturated heterocycles. The zero-order chi connectivity index (χ0) is 11.1. The van der Waals surface area contributed by atoms with Gasteiger partial charge in [-0.15, -0.1) is 0 Å². The fourth-order valence-corrected chi connectivity index (χ4v) is 1.30. The highest BCUT2D eigenvalue weighted by molar-refractivity contribution is 5.77. The summed E-state index contributed by atoms with van der Waals surface area (Å²) in [5.74, 6) is -0.483. The fourth-order valence-electron chi connectivity index (χ4n) is 1.30. The molecule has 2 rings (SSSR count). The van der Waals surface area contributed by atoms with E-state index in [1.807, 2.05) is 0 Å². The third-order valence-corrected chi connectivity index (χ3v) is 2.02. The van der Waals surface area contributed by atoms with E-state index in [-0.39, 0.29) is 0 Å². The summed E-state index contributed by atoms with van der Waals surface area (Å²) in [7, 11) is 0. The lowest BCUT2D eigenvalue weighted by molar-refractivity contribution is -0.211. The van der Waals surface area contributed by atoms with E-state index in [0.717, 1.165) is 0 Å². The third kappa shape index (κ3) is 1.83. The predicted molar refractivity (Wildman–Crippen MR) is 47.2 cm³/mol. The monoisotopic (exact) mass is 216 g/mol. The standard InChI is InChI=1S/C10H7F3O2/c11-10(12,13)9(14)8-5-6-3-1-2-4-7(6)15-8/h1-5,9,14H/t9-/m0/s1. The number of halogens is 3. The van der Waals surface area contributed by atoms with Crippen LogP contribution in [0.3, 0.4) is 0 Å². The van der Waals surface area contributed by atoms with Crippen LogP contribution < -0.4 is 0 Å². The Morgan fingerprint density at radius 3 is 2.47 bits per heavy atom. The van der Waals surface area contributed by atoms with Gasteiger partial charge < -0.3 is 9.52 Å². The van der Waals surface area contributed by atoms with Crippen LogP contribution in [0.5, 0.6) is 0 Å². The Hall–Kier alpha value is -1.49. The summed E-state index contributed by atoms with van der Waals surface area (Å²) in [5, 5.41) is 9.48. The lowest BCUT2D eigenvalue weighted by Gasteiger charge is -2.10. The average molecular weight is 216 g/mol. The van der Waals surface area contributed by atoms with Crippen LogP contribution in [0.4, 0.5) is 13.2 Å². The van der Waals surface area contributed by atoms with Crippen LogP contribution in [0.25, 0.3) is 11.0 Å². The van der Waals surface area contributed by atoms with Crippen LogP contribution in [-0.4, -0.2) is 11.3 Å². The molecule has 1 N–H and O–H groups in total. The molecule has 0 saturated carbocycles. The van der Waals surface area contributed by atoms with Crippen molar-refractivity contribution in [3.05, 3.63) is 36.1 Å². The number of hydrogen-bond donors (Lipinski definition) is 1. The van der Waals surface area contributed by atoms with Crippen molar-refractivity contribution in [1.29, 1.82) is 0 Å². The molecule has 0 radical (unpaired) electrons. The molecular weight excluding hydrogens is 209 g/mol. The van der Waals surface area contributed by atoms with E-state index in [1.54, 1.807) is 24.3 Å². The molecule has 1 aromatic carbocycles. The van der Waals surface area contributed by atoms with Gasteiger partial charge in [-0.05, 0) is 12.1 Å². The van der Waals surface area contributed by atoms with Gasteiger partial charge in [-0.1, -0.05) is 18.2 Å². The molecule has 5 heteroatoms. The van der Waals surface area contributed by atoms with Gasteiger partial charge >= 0.3 is 6.18 Å². The number of alkyl halides is 3. The van der Waals surface area contributed by atoms with E-state index in [1.165, 1.54) is 6.07 Å². The van der Waals surface area contributed by atoms with Gasteiger partial charge in [-0.2, -0.15) is 13.2 Å². The lowest BCUT2D eigenvalue weighted by Crippen LogP contribution is -2.19. The van der Waals surface area contributed by atoms with Crippen molar-refractivity contribution in [2.75, 3.05) is 0 Å². The minimum absolute atomic E-state index is 0.329. The number of aliphatic hydroxyl groups is 1. The molecule has 2 nitrogen and oxygen atoms in total. The van der Waals surface area contributed by atoms with Crippen LogP contribution in [0.1, 0.15) is 11.9 Å². The predicted octanol–water partition coefficient (Wildman–Crippen LogP) is 3.03. The summed E-state index contributed by atoms with van der Waals surface area (Å²) in [5.41, 5.74) is 0.329. The molecule has 0 spiro atoms. The van der Waals surface area contributed by atoms with E-state index in [4.69, 9.17) is 9.52 Å². The van der Waals surface area contributed by atoms with Gasteiger partial charge in [0.05, 0.1) is 0 Å². The first-order valence-electron chi connectivity index (χ1n) is 4.22. The van der Waals surface area contributed by atoms with Crippen molar-refractivity contribution < 1.29 is 22.7 Å². The van der Waals surface area contributed by atoms with Crippen molar-refractivity contribution in [3.8, 4) is 0 Å². The lowest BCUT2D eigenvalue weighted by atomic mass is 10.2. The summed E-state index contributed by atoms with van der Waals surface area (Å²) in [6.45, 7) is 0. The van der Waals surface area contributed by atoms with Gasteiger partial charge in [0.15, 0.2) is 0 Å². The second-order valence-electron chi connectivity index (χ2n) is 3.13. The van der Waals surface area contributed by atoms with Gasteiger partial charge in [0, 0.05) is 5.39 Å². The maximum atomic E-state index is 12.2. The van der Waals surface area contributed by atoms with Gasteiger partial charge in [0.1, 0.15) is 11.3 Å². The van der Waals surface area contributed by atoms with Crippen molar-refractivity contribution in [3.63, 3.8) is 0 Å². The van der Waals surface area contributed by atoms with E-state index >= 15 is 0 Å². The second-order valence-corrected chi connectivity index (χ2v) is 3.13. The summed E-state index contributed by atoms with van der Waals surface area (Å²) in [6, 6.07) is 7.68. The first-order valence-corrected chi connectivity index (χ1v) is 4.22. The van der Waals surface area contributed by atoms with Gasteiger partial charge in [0.2, 0.25) is 6.10 Å². The number of aliphatic hydroxyl groups excluding tert-OH is 1. The Morgan fingerprint density at radius 1 is 1.20 bits per heavy atom. The first kappa shape index (κ1) is 10.0. The van der Waals surface area contributed by atoms with Crippen molar-refractivity contribution >= 4 is 11.0 Å². The van der Waals surface area contributed by atoms with Gasteiger partial charge in [-0.25, -0.2) is 0 Å². The molecule has 1 atom stereocenters. The molecule has 80 valence electrons. The number of para-hydroxylation sites is 1. The maximum absolute atomic E-state index is 12.2. The largest absolute Gasteiger partial charge is 0.458 e. The van der Waals surface area contributed by atoms with Crippen molar-refractivity contribution in [2.45, 2.75) is 12.3 Å². The quantitative estimate of drug-likeness (QED) is 0.794. The molecule has 0 bridgehead atoms. The molecule has 0 unspecified atom stereocenters. The number of fused-ring (bicyclic) bond motifs is 1. The van der Waals surface area contributed by atoms with Crippen LogP contribution in [0, 0.1) is 0 Å². The highest BCUT2D eigenvalue weighted by atomic mass is 19.4. The molecule has 0 amide bonds. The minimum atomic E-state index is -4.70. The van der Waals surface area contributed by atoms with Crippen LogP contribution in [-0.2, 0) is 0 Å². The Balaban J connectivity index is 2.45. The topological polar surface area (TPSA) is 33.4 Å². The molecule has 15 heavy (non-hydrogen) atoms. The molecule has 2 aromatic rings. The highest BCUT2D eigenvalue weighted by Gasteiger charge is 2.41. The van der Waals surface area contributed by atoms with Crippen molar-refractivity contribution in [1.82, 2.24) is 0 Å². The van der Waals surface area contributed by atoms with Crippen LogP contribution >= 0.6 is 0 Å². The maximum Gasteiger partial charge on any atom is 0.421 e. The average Bonchev–Trinajstić information content (AvgIpc) is 2.58. The molecule has 0 fully saturated rings. The van der Waals surface area contributed by atoms with Crippen LogP contribution in [0.2, 0.25) is 0 Å². The van der Waals surface area contributed by atoms with Gasteiger partial charge in [0.25, 0.3) is 0 Å². The summed E-state index contributed by atoms with van der Waals surface area (Å²) in [4.78, 5) is 0. The smallest absolute Gasteiger partial charge is 0.421 e. The molecule has 0 aliphatic rings. The second kappa shape index (κ2) is 3.27. The molecular formula is C10H7F3O2. The summed E-state index contributed by atoms with van der Waals surface area (Å²) in [6.07, 6.45) is -7.27. The first-order chi connectivity index (χ1) is 6.98. The van der Waals surface area contributed by atoms with E-state index in [9.17, 15) is 13.2 Å². The third-order valence-electron chi connectivity index (χ3n) is 2.02. The van der Waals surface area contributed by atoms with Gasteiger partial charge in [-0.3, -0.25) is 0 Å². The summed E-state index contributed by atoms with van der Waals surface area (Å²) >= 11 is 0. The number of hydrogen-bond acceptors (Lipinski definition) is 2. The van der Waals surface area contributed by atoms with Crippen LogP contribution in [0.15, 0.2) is 34.7 Å². The Kier molecular flexibility index (Phi) is 2.19. The molecule has 1 aromatic heterocycles. The fraction of sp³-hybridized carbons (Fsp3) is 0.200. The zero-order valence-corrected chi connectivity index (χ0v) is 7.45. The Bertz CT molecular complexity index is 440. The molecule has 0 aliphatic heterocycles. The molecule has 1 heterocycles. The van der Waals surface area contributed by atoms with E-state index < -0.39 is 18.0 Å². The van der Waals surface area contributed by atoms with E-state index in [0.29, 0.717) is 11.0 Å². The normalized spacial score (nSPS) is 14.4. The Labute approximate surface area is 82.9 Å². The number of benzene rings is 1. The SMILES string of the molecule is O[C@@H](c1cc2ccccc2o1)C(F)(F)F. The zero-order valence-electron chi connectivity index (χ0n) is 7.45. The molecule has 0 aliphatic carbocycles. The number of furan rings is 1. The summed E-state index contributed by atoms with van der Waals surface area (Å²) < 4.78 is 41.3. The Morgan fingerprint density at radius 2 is 1.87 bits per heavy atom. The van der Waals surface area contributed by atoms with E-state index in [2.05, 4.69) is 0 Å². The minimum Gasteiger partial charge on any atom is -0.458 e. The highest BCUT2D eigenvalue weighted by Crippen LogP contribution is 2.34. The van der Waals surface area contributed by atoms with Crippen molar-refractivity contribution in [2.24, 2.45) is 0 Å². The number of rotatable bonds is 1.